The lowest BCUT2D eigenvalue weighted by atomic mass is 10.2. The summed E-state index contributed by atoms with van der Waals surface area (Å²) in [4.78, 5) is 4.54. The van der Waals surface area contributed by atoms with Crippen molar-refractivity contribution in [2.45, 2.75) is 30.7 Å². The predicted molar refractivity (Wildman–Crippen MR) is 92.4 cm³/mol. The zero-order valence-electron chi connectivity index (χ0n) is 14.1. The van der Waals surface area contributed by atoms with Crippen LogP contribution in [-0.4, -0.2) is 34.4 Å². The Morgan fingerprint density at radius 3 is 2.78 bits per heavy atom. The van der Waals surface area contributed by atoms with E-state index in [1.165, 1.54) is 15.6 Å². The van der Waals surface area contributed by atoms with Gasteiger partial charge in [0.05, 0.1) is 16.1 Å². The highest BCUT2D eigenvalue weighted by molar-refractivity contribution is 7.89. The lowest BCUT2D eigenvalue weighted by molar-refractivity contribution is 0.332. The molecule has 0 bridgehead atoms. The van der Waals surface area contributed by atoms with Crippen molar-refractivity contribution < 1.29 is 21.6 Å². The molecule has 2 aromatic heterocycles. The van der Waals surface area contributed by atoms with Crippen LogP contribution in [0.3, 0.4) is 0 Å². The van der Waals surface area contributed by atoms with Crippen molar-refractivity contribution in [2.24, 2.45) is 0 Å². The van der Waals surface area contributed by atoms with Crippen molar-refractivity contribution in [1.82, 2.24) is 19.5 Å². The van der Waals surface area contributed by atoms with Crippen LogP contribution in [0.5, 0.6) is 0 Å². The van der Waals surface area contributed by atoms with Crippen molar-refractivity contribution in [2.75, 3.05) is 6.54 Å². The minimum Gasteiger partial charge on any atom is -0.418 e. The average molecular weight is 412 g/mol. The Bertz CT molecular complexity index is 1100. The van der Waals surface area contributed by atoms with Gasteiger partial charge in [-0.3, -0.25) is 0 Å². The van der Waals surface area contributed by atoms with Crippen LogP contribution < -0.4 is 0 Å². The van der Waals surface area contributed by atoms with E-state index >= 15 is 0 Å². The summed E-state index contributed by atoms with van der Waals surface area (Å²) < 4.78 is 59.4. The van der Waals surface area contributed by atoms with E-state index in [1.54, 1.807) is 5.51 Å². The van der Waals surface area contributed by atoms with Crippen molar-refractivity contribution in [3.8, 4) is 10.8 Å². The predicted octanol–water partition coefficient (Wildman–Crippen LogP) is 3.31. The van der Waals surface area contributed by atoms with Crippen molar-refractivity contribution in [1.29, 1.82) is 0 Å². The maximum atomic E-state index is 13.5. The highest BCUT2D eigenvalue weighted by Gasteiger charge is 2.39. The highest BCUT2D eigenvalue weighted by Crippen LogP contribution is 2.37. The molecule has 1 aliphatic rings. The van der Waals surface area contributed by atoms with Crippen LogP contribution in [0.15, 0.2) is 33.0 Å². The molecule has 0 unspecified atom stereocenters. The molecule has 0 aliphatic carbocycles. The zero-order chi connectivity index (χ0) is 19.2. The number of hydrogen-bond donors (Lipinski definition) is 0. The first-order valence-corrected chi connectivity index (χ1v) is 10.4. The molecule has 1 fully saturated rings. The van der Waals surface area contributed by atoms with Crippen LogP contribution in [0.1, 0.15) is 30.5 Å². The second kappa shape index (κ2) is 6.73. The summed E-state index contributed by atoms with van der Waals surface area (Å²) in [5.74, 6) is -1.87. The van der Waals surface area contributed by atoms with Gasteiger partial charge in [-0.2, -0.15) is 4.31 Å². The Morgan fingerprint density at radius 2 is 2.07 bits per heavy atom. The van der Waals surface area contributed by atoms with Gasteiger partial charge < -0.3 is 4.42 Å². The lowest BCUT2D eigenvalue weighted by Gasteiger charge is -2.21. The first-order chi connectivity index (χ1) is 12.9. The second-order valence-corrected chi connectivity index (χ2v) is 8.81. The van der Waals surface area contributed by atoms with Gasteiger partial charge in [0.2, 0.25) is 15.9 Å². The Labute approximate surface area is 157 Å². The normalized spacial score (nSPS) is 18.3. The molecule has 11 heteroatoms. The standard InChI is InChI=1S/C16H14F2N4O3S2/c1-9-14(26-8-19-9)16-21-20-15(25-16)13-3-2-6-22(13)27(23,24)10-4-5-11(17)12(18)7-10/h4-5,7-8,13H,2-3,6H2,1H3/t13-/m0/s1. The van der Waals surface area contributed by atoms with Gasteiger partial charge in [-0.25, -0.2) is 22.2 Å². The molecule has 0 radical (unpaired) electrons. The smallest absolute Gasteiger partial charge is 0.259 e. The number of thiazole rings is 1. The second-order valence-electron chi connectivity index (χ2n) is 6.06. The first-order valence-electron chi connectivity index (χ1n) is 8.08. The minimum atomic E-state index is -4.04. The van der Waals surface area contributed by atoms with Gasteiger partial charge >= 0.3 is 0 Å². The fourth-order valence-electron chi connectivity index (χ4n) is 3.02. The first kappa shape index (κ1) is 18.1. The van der Waals surface area contributed by atoms with Crippen LogP contribution in [-0.2, 0) is 10.0 Å². The molecule has 1 aromatic carbocycles. The maximum Gasteiger partial charge on any atom is 0.259 e. The summed E-state index contributed by atoms with van der Waals surface area (Å²) in [6.07, 6.45) is 1.08. The van der Waals surface area contributed by atoms with Crippen molar-refractivity contribution in [3.63, 3.8) is 0 Å². The molecule has 0 amide bonds. The topological polar surface area (TPSA) is 89.2 Å². The van der Waals surface area contributed by atoms with Gasteiger partial charge in [0.15, 0.2) is 11.6 Å². The lowest BCUT2D eigenvalue weighted by Crippen LogP contribution is -2.31. The van der Waals surface area contributed by atoms with Gasteiger partial charge in [0.25, 0.3) is 5.89 Å². The third-order valence-electron chi connectivity index (χ3n) is 4.37. The number of halogens is 2. The number of hydrogen-bond acceptors (Lipinski definition) is 7. The van der Waals surface area contributed by atoms with Crippen LogP contribution in [0, 0.1) is 18.6 Å². The molecule has 7 nitrogen and oxygen atoms in total. The fourth-order valence-corrected chi connectivity index (χ4v) is 5.40. The van der Waals surface area contributed by atoms with E-state index < -0.39 is 27.7 Å². The van der Waals surface area contributed by atoms with E-state index in [0.29, 0.717) is 18.9 Å². The summed E-state index contributed by atoms with van der Waals surface area (Å²) in [6.45, 7) is 2.04. The van der Waals surface area contributed by atoms with Gasteiger partial charge in [-0.05, 0) is 38.0 Å². The minimum absolute atomic E-state index is 0.168. The summed E-state index contributed by atoms with van der Waals surface area (Å²) in [5.41, 5.74) is 2.40. The van der Waals surface area contributed by atoms with E-state index in [1.807, 2.05) is 6.92 Å². The summed E-state index contributed by atoms with van der Waals surface area (Å²) in [7, 11) is -4.04. The molecule has 0 saturated carbocycles. The number of sulfonamides is 1. The quantitative estimate of drug-likeness (QED) is 0.653. The number of aromatic nitrogens is 3. The molecule has 1 atom stereocenters. The monoisotopic (exact) mass is 412 g/mol. The van der Waals surface area contributed by atoms with Gasteiger partial charge in [0, 0.05) is 6.54 Å². The van der Waals surface area contributed by atoms with Crippen LogP contribution in [0.25, 0.3) is 10.8 Å². The van der Waals surface area contributed by atoms with E-state index in [4.69, 9.17) is 4.42 Å². The van der Waals surface area contributed by atoms with Gasteiger partial charge in [-0.1, -0.05) is 0 Å². The fraction of sp³-hybridized carbons (Fsp3) is 0.312. The van der Waals surface area contributed by atoms with E-state index in [2.05, 4.69) is 15.2 Å². The number of aryl methyl sites for hydroxylation is 1. The third-order valence-corrected chi connectivity index (χ3v) is 7.19. The van der Waals surface area contributed by atoms with Crippen molar-refractivity contribution >= 4 is 21.4 Å². The largest absolute Gasteiger partial charge is 0.418 e. The summed E-state index contributed by atoms with van der Waals surface area (Å²) >= 11 is 1.35. The Morgan fingerprint density at radius 1 is 1.26 bits per heavy atom. The van der Waals surface area contributed by atoms with E-state index in [0.717, 1.165) is 22.7 Å². The zero-order valence-corrected chi connectivity index (χ0v) is 15.7. The average Bonchev–Trinajstić information content (AvgIpc) is 3.35. The Kier molecular flexibility index (Phi) is 4.52. The Balaban J connectivity index is 1.67. The molecule has 27 heavy (non-hydrogen) atoms. The molecule has 1 aliphatic heterocycles. The van der Waals surface area contributed by atoms with Gasteiger partial charge in [-0.15, -0.1) is 21.5 Å². The highest BCUT2D eigenvalue weighted by atomic mass is 32.2. The number of benzene rings is 1. The number of rotatable bonds is 4. The van der Waals surface area contributed by atoms with E-state index in [9.17, 15) is 17.2 Å². The summed E-state index contributed by atoms with van der Waals surface area (Å²) in [6, 6.07) is 1.87. The summed E-state index contributed by atoms with van der Waals surface area (Å²) in [5, 5.41) is 8.01. The van der Waals surface area contributed by atoms with Crippen LogP contribution in [0.4, 0.5) is 8.78 Å². The molecule has 4 rings (SSSR count). The molecular weight excluding hydrogens is 398 g/mol. The van der Waals surface area contributed by atoms with E-state index in [-0.39, 0.29) is 23.2 Å². The molecular formula is C16H14F2N4O3S2. The Hall–Kier alpha value is -2.24. The SMILES string of the molecule is Cc1ncsc1-c1nnc([C@@H]2CCCN2S(=O)(=O)c2ccc(F)c(F)c2)o1. The molecule has 142 valence electrons. The molecule has 0 spiro atoms. The van der Waals surface area contributed by atoms with Crippen molar-refractivity contribution in [3.05, 3.63) is 46.9 Å². The van der Waals surface area contributed by atoms with Gasteiger partial charge in [0.1, 0.15) is 10.9 Å². The molecule has 1 saturated heterocycles. The molecule has 3 heterocycles. The number of nitrogens with zero attached hydrogens (tertiary/aromatic N) is 4. The third kappa shape index (κ3) is 3.15. The molecule has 0 N–H and O–H groups in total. The molecule has 3 aromatic rings. The maximum absolute atomic E-state index is 13.5. The van der Waals surface area contributed by atoms with Crippen LogP contribution >= 0.6 is 11.3 Å². The van der Waals surface area contributed by atoms with Crippen LogP contribution in [0.2, 0.25) is 0 Å².